The maximum absolute atomic E-state index is 12.2. The zero-order chi connectivity index (χ0) is 19.6. The molecule has 0 saturated carbocycles. The van der Waals surface area contributed by atoms with Crippen LogP contribution in [0.4, 0.5) is 10.5 Å². The molecule has 1 atom stereocenters. The van der Waals surface area contributed by atoms with Crippen LogP contribution in [-0.2, 0) is 9.53 Å². The first-order valence-corrected chi connectivity index (χ1v) is 9.53. The molecule has 2 heterocycles. The van der Waals surface area contributed by atoms with Crippen LogP contribution in [0.3, 0.4) is 0 Å². The fourth-order valence-electron chi connectivity index (χ4n) is 3.52. The molecule has 2 saturated heterocycles. The van der Waals surface area contributed by atoms with Gasteiger partial charge in [-0.05, 0) is 44.9 Å². The van der Waals surface area contributed by atoms with Crippen LogP contribution in [-0.4, -0.2) is 60.0 Å². The molecule has 27 heavy (non-hydrogen) atoms. The van der Waals surface area contributed by atoms with E-state index in [0.717, 1.165) is 30.8 Å². The summed E-state index contributed by atoms with van der Waals surface area (Å²) >= 11 is 0. The predicted molar refractivity (Wildman–Crippen MR) is 102 cm³/mol. The van der Waals surface area contributed by atoms with Crippen LogP contribution in [0.25, 0.3) is 0 Å². The average molecular weight is 374 g/mol. The normalized spacial score (nSPS) is 21.4. The standard InChI is InChI=1S/C20H28N3O4/c1-20(2,3)27-19(25)22-12-10-21(11-13-22)17-7-4-15(5-8-17)16-6-9-18(24)23(26)14-16/h4-5,7-8,16H,6,9-14H2,1-3H3/q+1. The van der Waals surface area contributed by atoms with E-state index in [9.17, 15) is 14.5 Å². The summed E-state index contributed by atoms with van der Waals surface area (Å²) in [4.78, 5) is 39.1. The second kappa shape index (κ2) is 7.66. The number of hydrogen-bond acceptors (Lipinski definition) is 5. The molecule has 2 aliphatic heterocycles. The molecule has 7 nitrogen and oxygen atoms in total. The number of carbonyl (C=O) groups is 2. The van der Waals surface area contributed by atoms with Crippen molar-refractivity contribution < 1.29 is 19.1 Å². The molecular weight excluding hydrogens is 346 g/mol. The van der Waals surface area contributed by atoms with Crippen LogP contribution in [0, 0.1) is 4.91 Å². The van der Waals surface area contributed by atoms with Gasteiger partial charge in [0.1, 0.15) is 5.60 Å². The van der Waals surface area contributed by atoms with E-state index in [4.69, 9.17) is 4.74 Å². The van der Waals surface area contributed by atoms with Gasteiger partial charge < -0.3 is 14.5 Å². The minimum Gasteiger partial charge on any atom is -0.444 e. The van der Waals surface area contributed by atoms with Gasteiger partial charge in [0.2, 0.25) is 6.54 Å². The molecule has 0 spiro atoms. The Morgan fingerprint density at radius 3 is 2.30 bits per heavy atom. The highest BCUT2D eigenvalue weighted by Gasteiger charge is 2.34. The molecule has 7 heteroatoms. The molecule has 0 aromatic heterocycles. The van der Waals surface area contributed by atoms with Gasteiger partial charge in [0.15, 0.2) is 0 Å². The Hall–Kier alpha value is -2.44. The van der Waals surface area contributed by atoms with Crippen molar-refractivity contribution in [1.29, 1.82) is 0 Å². The quantitative estimate of drug-likeness (QED) is 0.745. The number of benzene rings is 1. The minimum absolute atomic E-state index is 0.110. The molecule has 2 amide bonds. The second-order valence-electron chi connectivity index (χ2n) is 8.24. The number of ether oxygens (including phenoxy) is 1. The third-order valence-electron chi connectivity index (χ3n) is 5.03. The lowest BCUT2D eigenvalue weighted by molar-refractivity contribution is -0.479. The topological polar surface area (TPSA) is 69.9 Å². The second-order valence-corrected chi connectivity index (χ2v) is 8.24. The summed E-state index contributed by atoms with van der Waals surface area (Å²) in [5.41, 5.74) is 1.72. The molecular formula is C20H28N3O4+. The van der Waals surface area contributed by atoms with Gasteiger partial charge in [-0.15, -0.1) is 0 Å². The Balaban J connectivity index is 1.55. The molecule has 146 valence electrons. The largest absolute Gasteiger partial charge is 0.444 e. The van der Waals surface area contributed by atoms with Crippen molar-refractivity contribution in [3.63, 3.8) is 0 Å². The van der Waals surface area contributed by atoms with Crippen molar-refractivity contribution in [2.75, 3.05) is 37.6 Å². The lowest BCUT2D eigenvalue weighted by Crippen LogP contribution is -2.50. The summed E-state index contributed by atoms with van der Waals surface area (Å²) in [5.74, 6) is -0.205. The van der Waals surface area contributed by atoms with Crippen molar-refractivity contribution >= 4 is 17.7 Å². The van der Waals surface area contributed by atoms with Crippen LogP contribution >= 0.6 is 0 Å². The molecule has 1 aromatic rings. The van der Waals surface area contributed by atoms with Gasteiger partial charge in [-0.2, -0.15) is 0 Å². The zero-order valence-corrected chi connectivity index (χ0v) is 16.3. The first kappa shape index (κ1) is 19.3. The van der Waals surface area contributed by atoms with E-state index in [2.05, 4.69) is 17.0 Å². The van der Waals surface area contributed by atoms with Gasteiger partial charge in [-0.1, -0.05) is 12.1 Å². The minimum atomic E-state index is -0.479. The van der Waals surface area contributed by atoms with Gasteiger partial charge in [0.25, 0.3) is 0 Å². The SMILES string of the molecule is CC(C)(C)OC(=O)N1CCN(c2ccc(C3CCC(=O)[N+](=O)C3)cc2)CC1. The van der Waals surface area contributed by atoms with Crippen LogP contribution in [0.2, 0.25) is 0 Å². The van der Waals surface area contributed by atoms with Gasteiger partial charge in [0.05, 0.1) is 11.2 Å². The molecule has 0 N–H and O–H groups in total. The third-order valence-corrected chi connectivity index (χ3v) is 5.03. The number of rotatable bonds is 2. The van der Waals surface area contributed by atoms with E-state index in [1.54, 1.807) is 4.90 Å². The highest BCUT2D eigenvalue weighted by molar-refractivity contribution is 5.69. The Bertz CT molecular complexity index is 716. The van der Waals surface area contributed by atoms with E-state index < -0.39 is 5.60 Å². The molecule has 0 radical (unpaired) electrons. The zero-order valence-electron chi connectivity index (χ0n) is 16.3. The van der Waals surface area contributed by atoms with Crippen LogP contribution in [0.1, 0.15) is 45.1 Å². The smallest absolute Gasteiger partial charge is 0.433 e. The average Bonchev–Trinajstić information content (AvgIpc) is 2.63. The summed E-state index contributed by atoms with van der Waals surface area (Å²) in [5, 5.41) is 0. The Morgan fingerprint density at radius 1 is 1.11 bits per heavy atom. The molecule has 3 rings (SSSR count). The van der Waals surface area contributed by atoms with Gasteiger partial charge in [0, 0.05) is 42.7 Å². The van der Waals surface area contributed by atoms with Crippen molar-refractivity contribution in [3.05, 3.63) is 34.7 Å². The summed E-state index contributed by atoms with van der Waals surface area (Å²) in [6.45, 7) is 8.63. The number of nitroso groups, excluding NO2 is 1. The van der Waals surface area contributed by atoms with Gasteiger partial charge in [-0.3, -0.25) is 0 Å². The summed E-state index contributed by atoms with van der Waals surface area (Å²) in [7, 11) is 0. The number of nitrogens with zero attached hydrogens (tertiary/aromatic N) is 3. The summed E-state index contributed by atoms with van der Waals surface area (Å²) in [6, 6.07) is 8.21. The number of anilines is 1. The van der Waals surface area contributed by atoms with Gasteiger partial charge in [-0.25, -0.2) is 9.59 Å². The van der Waals surface area contributed by atoms with E-state index in [1.807, 2.05) is 32.9 Å². The van der Waals surface area contributed by atoms with Crippen molar-refractivity contribution in [3.8, 4) is 0 Å². The number of piperidine rings is 1. The monoisotopic (exact) mass is 374 g/mol. The number of amides is 2. The van der Waals surface area contributed by atoms with E-state index >= 15 is 0 Å². The molecule has 2 fully saturated rings. The molecule has 2 aliphatic rings. The number of hydrogen-bond donors (Lipinski definition) is 0. The van der Waals surface area contributed by atoms with Crippen molar-refractivity contribution in [2.24, 2.45) is 0 Å². The summed E-state index contributed by atoms with van der Waals surface area (Å²) in [6.07, 6.45) is 0.792. The molecule has 1 aromatic carbocycles. The summed E-state index contributed by atoms with van der Waals surface area (Å²) < 4.78 is 6.01. The van der Waals surface area contributed by atoms with Crippen LogP contribution < -0.4 is 4.90 Å². The first-order chi connectivity index (χ1) is 12.7. The fourth-order valence-corrected chi connectivity index (χ4v) is 3.52. The number of piperazine rings is 1. The predicted octanol–water partition coefficient (Wildman–Crippen LogP) is 2.93. The van der Waals surface area contributed by atoms with Gasteiger partial charge >= 0.3 is 12.0 Å². The maximum atomic E-state index is 12.2. The Labute approximate surface area is 159 Å². The van der Waals surface area contributed by atoms with Crippen molar-refractivity contribution in [2.45, 2.75) is 45.1 Å². The molecule has 0 aliphatic carbocycles. The lowest BCUT2D eigenvalue weighted by Gasteiger charge is -2.36. The highest BCUT2D eigenvalue weighted by Crippen LogP contribution is 2.28. The van der Waals surface area contributed by atoms with E-state index in [0.29, 0.717) is 24.3 Å². The van der Waals surface area contributed by atoms with E-state index in [-0.39, 0.29) is 24.5 Å². The fraction of sp³-hybridized carbons (Fsp3) is 0.600. The molecule has 0 bridgehead atoms. The number of carbonyl (C=O) groups excluding carboxylic acids is 2. The highest BCUT2D eigenvalue weighted by atomic mass is 16.6. The Morgan fingerprint density at radius 2 is 1.74 bits per heavy atom. The van der Waals surface area contributed by atoms with E-state index in [1.165, 1.54) is 0 Å². The maximum Gasteiger partial charge on any atom is 0.433 e. The first-order valence-electron chi connectivity index (χ1n) is 9.53. The molecule has 1 unspecified atom stereocenters. The third kappa shape index (κ3) is 4.84. The lowest BCUT2D eigenvalue weighted by atomic mass is 9.91. The van der Waals surface area contributed by atoms with Crippen molar-refractivity contribution in [1.82, 2.24) is 4.90 Å². The van der Waals surface area contributed by atoms with Crippen LogP contribution in [0.5, 0.6) is 0 Å². The van der Waals surface area contributed by atoms with Crippen LogP contribution in [0.15, 0.2) is 24.3 Å². The Kier molecular flexibility index (Phi) is 5.48.